The van der Waals surface area contributed by atoms with Crippen LogP contribution in [-0.2, 0) is 9.84 Å². The molecule has 1 aliphatic rings. The minimum absolute atomic E-state index is 0.494. The van der Waals surface area contributed by atoms with E-state index < -0.39 is 29.2 Å². The molecular formula is C12H8BiBrO2S. The molecule has 0 spiro atoms. The van der Waals surface area contributed by atoms with Gasteiger partial charge in [0.2, 0.25) is 0 Å². The van der Waals surface area contributed by atoms with Crippen molar-refractivity contribution < 1.29 is 8.42 Å². The quantitative estimate of drug-likeness (QED) is 0.507. The Bertz CT molecular complexity index is 644. The van der Waals surface area contributed by atoms with Crippen molar-refractivity contribution in [2.45, 2.75) is 9.79 Å². The van der Waals surface area contributed by atoms with Crippen LogP contribution in [0.4, 0.5) is 0 Å². The molecule has 0 aliphatic carbocycles. The average Bonchev–Trinajstić information content (AvgIpc) is 2.37. The fourth-order valence-corrected chi connectivity index (χ4v) is 20.1. The first-order chi connectivity index (χ1) is 8.12. The monoisotopic (exact) mass is 504 g/mol. The zero-order valence-electron chi connectivity index (χ0n) is 8.67. The van der Waals surface area contributed by atoms with Gasteiger partial charge in [0.05, 0.1) is 0 Å². The van der Waals surface area contributed by atoms with Gasteiger partial charge in [-0.2, -0.15) is 0 Å². The molecule has 0 saturated carbocycles. The molecule has 0 fully saturated rings. The third kappa shape index (κ3) is 1.71. The first-order valence-electron chi connectivity index (χ1n) is 5.01. The number of halogens is 1. The van der Waals surface area contributed by atoms with E-state index in [1.54, 1.807) is 24.3 Å². The molecule has 0 atom stereocenters. The third-order valence-electron chi connectivity index (χ3n) is 2.73. The van der Waals surface area contributed by atoms with E-state index >= 15 is 0 Å². The summed E-state index contributed by atoms with van der Waals surface area (Å²) in [7, 11) is -3.31. The fraction of sp³-hybridized carbons (Fsp3) is 0. The van der Waals surface area contributed by atoms with E-state index in [4.69, 9.17) is 0 Å². The summed E-state index contributed by atoms with van der Waals surface area (Å²) < 4.78 is 26.9. The molecule has 0 N–H and O–H groups in total. The van der Waals surface area contributed by atoms with Crippen LogP contribution in [0.3, 0.4) is 0 Å². The molecule has 0 aromatic heterocycles. The average molecular weight is 505 g/mol. The molecule has 0 bridgehead atoms. The fourth-order valence-electron chi connectivity index (χ4n) is 1.94. The topological polar surface area (TPSA) is 34.1 Å². The Morgan fingerprint density at radius 1 is 0.824 bits per heavy atom. The summed E-state index contributed by atoms with van der Waals surface area (Å²) in [6.07, 6.45) is 0. The van der Waals surface area contributed by atoms with Crippen molar-refractivity contribution in [1.29, 1.82) is 0 Å². The van der Waals surface area contributed by atoms with Crippen LogP contribution in [0.25, 0.3) is 0 Å². The second-order valence-corrected chi connectivity index (χ2v) is 17.8. The van der Waals surface area contributed by atoms with Crippen molar-refractivity contribution in [3.63, 3.8) is 0 Å². The summed E-state index contributed by atoms with van der Waals surface area (Å²) >= 11 is 1.55. The van der Waals surface area contributed by atoms with E-state index in [1.807, 2.05) is 24.3 Å². The van der Waals surface area contributed by atoms with E-state index in [1.165, 1.54) is 0 Å². The molecule has 5 heteroatoms. The van der Waals surface area contributed by atoms with E-state index in [9.17, 15) is 8.42 Å². The third-order valence-corrected chi connectivity index (χ3v) is 18.9. The van der Waals surface area contributed by atoms with Crippen LogP contribution in [0.15, 0.2) is 58.3 Å². The number of hydrogen-bond donors (Lipinski definition) is 0. The Morgan fingerprint density at radius 3 is 1.71 bits per heavy atom. The second-order valence-electron chi connectivity index (χ2n) is 3.72. The Morgan fingerprint density at radius 2 is 1.24 bits per heavy atom. The molecule has 1 aliphatic heterocycles. The Hall–Kier alpha value is -0.247. The molecule has 0 radical (unpaired) electrons. The predicted octanol–water partition coefficient (Wildman–Crippen LogP) is 1.33. The Labute approximate surface area is 114 Å². The summed E-state index contributed by atoms with van der Waals surface area (Å²) in [4.78, 5) is 0.988. The summed E-state index contributed by atoms with van der Waals surface area (Å²) in [6, 6.07) is 14.7. The first kappa shape index (κ1) is 11.8. The molecule has 2 nitrogen and oxygen atoms in total. The predicted molar refractivity (Wildman–Crippen MR) is 72.3 cm³/mol. The van der Waals surface area contributed by atoms with E-state index in [0.29, 0.717) is 9.79 Å². The molecule has 0 unspecified atom stereocenters. The summed E-state index contributed by atoms with van der Waals surface area (Å²) in [5.41, 5.74) is 0. The second kappa shape index (κ2) is 4.15. The number of rotatable bonds is 0. The number of fused-ring (bicyclic) bond motifs is 2. The Kier molecular flexibility index (Phi) is 2.88. The van der Waals surface area contributed by atoms with Crippen LogP contribution >= 0.6 is 12.2 Å². The van der Waals surface area contributed by atoms with Gasteiger partial charge < -0.3 is 0 Å². The summed E-state index contributed by atoms with van der Waals surface area (Å²) in [5.74, 6) is 0. The van der Waals surface area contributed by atoms with Gasteiger partial charge in [-0.05, 0) is 0 Å². The molecular weight excluding hydrogens is 497 g/mol. The van der Waals surface area contributed by atoms with Gasteiger partial charge in [0.15, 0.2) is 0 Å². The van der Waals surface area contributed by atoms with Crippen molar-refractivity contribution in [2.75, 3.05) is 0 Å². The van der Waals surface area contributed by atoms with Gasteiger partial charge >= 0.3 is 115 Å². The van der Waals surface area contributed by atoms with Gasteiger partial charge in [0.25, 0.3) is 0 Å². The van der Waals surface area contributed by atoms with Crippen LogP contribution in [0.2, 0.25) is 0 Å². The maximum atomic E-state index is 12.5. The molecule has 2 aromatic rings. The molecule has 0 saturated heterocycles. The SMILES string of the molecule is O=S1(=O)c2cccc[c]2[Bi]([Br])[c]2ccccc21. The zero-order valence-corrected chi connectivity index (χ0v) is 14.5. The van der Waals surface area contributed by atoms with Gasteiger partial charge in [0, 0.05) is 0 Å². The molecule has 2 aromatic carbocycles. The van der Waals surface area contributed by atoms with Crippen molar-refractivity contribution >= 4 is 48.0 Å². The molecule has 3 rings (SSSR count). The minimum atomic E-state index is -3.31. The zero-order chi connectivity index (χ0) is 12.0. The molecule has 1 heterocycles. The van der Waals surface area contributed by atoms with Gasteiger partial charge in [-0.1, -0.05) is 0 Å². The van der Waals surface area contributed by atoms with E-state index in [2.05, 4.69) is 12.2 Å². The number of benzene rings is 2. The number of hydrogen-bond acceptors (Lipinski definition) is 2. The van der Waals surface area contributed by atoms with Gasteiger partial charge in [-0.15, -0.1) is 0 Å². The normalized spacial score (nSPS) is 17.2. The van der Waals surface area contributed by atoms with Crippen molar-refractivity contribution in [3.8, 4) is 0 Å². The van der Waals surface area contributed by atoms with E-state index in [-0.39, 0.29) is 0 Å². The summed E-state index contributed by atoms with van der Waals surface area (Å²) in [5, 5.41) is 0. The van der Waals surface area contributed by atoms with E-state index in [0.717, 1.165) is 6.54 Å². The van der Waals surface area contributed by atoms with Crippen molar-refractivity contribution in [3.05, 3.63) is 48.5 Å². The van der Waals surface area contributed by atoms with Crippen LogP contribution in [0.1, 0.15) is 0 Å². The van der Waals surface area contributed by atoms with Crippen LogP contribution < -0.4 is 6.54 Å². The maximum absolute atomic E-state index is 12.5. The molecule has 0 amide bonds. The van der Waals surface area contributed by atoms with Crippen molar-refractivity contribution in [1.82, 2.24) is 0 Å². The Balaban J connectivity index is 2.42. The summed E-state index contributed by atoms with van der Waals surface area (Å²) in [6.45, 7) is 0. The molecule has 86 valence electrons. The van der Waals surface area contributed by atoms with Crippen molar-refractivity contribution in [2.24, 2.45) is 0 Å². The van der Waals surface area contributed by atoms with Crippen LogP contribution in [0.5, 0.6) is 0 Å². The van der Waals surface area contributed by atoms with Gasteiger partial charge in [0.1, 0.15) is 0 Å². The van der Waals surface area contributed by atoms with Crippen LogP contribution in [0, 0.1) is 0 Å². The standard InChI is InChI=1S/C12H8O2S.Bi.BrH/c13-15(14,11-7-3-1-4-8-11)12-9-5-2-6-10-12;;/h1-7,9H;;1H/q;+1;/p-1. The first-order valence-corrected chi connectivity index (χ1v) is 17.5. The number of sulfone groups is 1. The van der Waals surface area contributed by atoms with Crippen LogP contribution in [-0.4, -0.2) is 27.8 Å². The molecule has 17 heavy (non-hydrogen) atoms. The van der Waals surface area contributed by atoms with Gasteiger partial charge in [-0.25, -0.2) is 0 Å². The van der Waals surface area contributed by atoms with Gasteiger partial charge in [-0.3, -0.25) is 0 Å².